The Bertz CT molecular complexity index is 559. The van der Waals surface area contributed by atoms with Crippen LogP contribution in [0, 0.1) is 0 Å². The summed E-state index contributed by atoms with van der Waals surface area (Å²) < 4.78 is 0. The van der Waals surface area contributed by atoms with Gasteiger partial charge in [0.2, 0.25) is 5.91 Å². The molecule has 1 heterocycles. The standard InChI is InChI=1S/C17H23N3O3/c1-2-3-4-8-11-15(21)18-20-16(22)13-19(17(20)23)12-14-9-6-5-7-10-14/h5-7,9-10H,2-4,8,11-13H2,1H3,(H,18,21). The van der Waals surface area contributed by atoms with Gasteiger partial charge in [0.1, 0.15) is 6.54 Å². The number of nitrogens with one attached hydrogen (secondary N) is 1. The SMILES string of the molecule is CCCCCCC(=O)NN1C(=O)CN(Cc2ccccc2)C1=O. The van der Waals surface area contributed by atoms with Crippen LogP contribution < -0.4 is 5.43 Å². The van der Waals surface area contributed by atoms with Gasteiger partial charge < -0.3 is 4.90 Å². The lowest BCUT2D eigenvalue weighted by Gasteiger charge is -2.17. The van der Waals surface area contributed by atoms with Crippen molar-refractivity contribution in [3.8, 4) is 0 Å². The van der Waals surface area contributed by atoms with Gasteiger partial charge in [0.25, 0.3) is 5.91 Å². The van der Waals surface area contributed by atoms with E-state index in [1.165, 1.54) is 4.90 Å². The minimum atomic E-state index is -0.472. The summed E-state index contributed by atoms with van der Waals surface area (Å²) in [4.78, 5) is 37.5. The van der Waals surface area contributed by atoms with E-state index in [-0.39, 0.29) is 12.5 Å². The second-order valence-corrected chi connectivity index (χ2v) is 5.70. The largest absolute Gasteiger partial charge is 0.346 e. The molecule has 1 aromatic rings. The quantitative estimate of drug-likeness (QED) is 0.591. The monoisotopic (exact) mass is 317 g/mol. The van der Waals surface area contributed by atoms with Crippen molar-refractivity contribution in [2.45, 2.75) is 45.6 Å². The Balaban J connectivity index is 1.85. The Morgan fingerprint density at radius 2 is 1.87 bits per heavy atom. The first-order valence-electron chi connectivity index (χ1n) is 8.07. The maximum atomic E-state index is 12.2. The number of imide groups is 1. The molecule has 23 heavy (non-hydrogen) atoms. The highest BCUT2D eigenvalue weighted by Gasteiger charge is 2.37. The number of unbranched alkanes of at least 4 members (excludes halogenated alkanes) is 3. The van der Waals surface area contributed by atoms with E-state index in [1.807, 2.05) is 30.3 Å². The molecule has 0 aromatic heterocycles. The van der Waals surface area contributed by atoms with Gasteiger partial charge in [-0.25, -0.2) is 4.79 Å². The summed E-state index contributed by atoms with van der Waals surface area (Å²) in [6.07, 6.45) is 4.25. The van der Waals surface area contributed by atoms with Crippen molar-refractivity contribution in [3.05, 3.63) is 35.9 Å². The molecule has 0 aliphatic carbocycles. The number of carbonyl (C=O) groups is 3. The minimum Gasteiger partial charge on any atom is -0.309 e. The van der Waals surface area contributed by atoms with Crippen molar-refractivity contribution in [3.63, 3.8) is 0 Å². The average molecular weight is 317 g/mol. The van der Waals surface area contributed by atoms with Gasteiger partial charge in [-0.05, 0) is 12.0 Å². The predicted octanol–water partition coefficient (Wildman–Crippen LogP) is 2.45. The molecule has 124 valence electrons. The van der Waals surface area contributed by atoms with Gasteiger partial charge in [-0.2, -0.15) is 5.01 Å². The highest BCUT2D eigenvalue weighted by atomic mass is 16.2. The van der Waals surface area contributed by atoms with Gasteiger partial charge in [-0.1, -0.05) is 56.5 Å². The lowest BCUT2D eigenvalue weighted by molar-refractivity contribution is -0.135. The fourth-order valence-electron chi connectivity index (χ4n) is 2.48. The predicted molar refractivity (Wildman–Crippen MR) is 86.0 cm³/mol. The number of benzene rings is 1. The lowest BCUT2D eigenvalue weighted by atomic mass is 10.1. The van der Waals surface area contributed by atoms with Crippen molar-refractivity contribution in [1.82, 2.24) is 15.3 Å². The first kappa shape index (κ1) is 17.0. The molecule has 6 nitrogen and oxygen atoms in total. The Morgan fingerprint density at radius 1 is 1.13 bits per heavy atom. The first-order chi connectivity index (χ1) is 11.1. The molecule has 1 N–H and O–H groups in total. The third-order valence-corrected chi connectivity index (χ3v) is 3.75. The number of carbonyl (C=O) groups excluding carboxylic acids is 3. The summed E-state index contributed by atoms with van der Waals surface area (Å²) in [7, 11) is 0. The molecule has 1 aliphatic rings. The third kappa shape index (κ3) is 4.81. The van der Waals surface area contributed by atoms with Crippen molar-refractivity contribution in [2.75, 3.05) is 6.54 Å². The second kappa shape index (κ2) is 8.31. The summed E-state index contributed by atoms with van der Waals surface area (Å²) in [5.74, 6) is -0.683. The van der Waals surface area contributed by atoms with E-state index in [2.05, 4.69) is 12.3 Å². The molecule has 0 atom stereocenters. The molecule has 0 unspecified atom stereocenters. The van der Waals surface area contributed by atoms with E-state index >= 15 is 0 Å². The third-order valence-electron chi connectivity index (χ3n) is 3.75. The van der Waals surface area contributed by atoms with Crippen LogP contribution in [0.15, 0.2) is 30.3 Å². The number of hydrogen-bond acceptors (Lipinski definition) is 3. The Hall–Kier alpha value is -2.37. The number of hydrogen-bond donors (Lipinski definition) is 1. The Morgan fingerprint density at radius 3 is 2.57 bits per heavy atom. The zero-order valence-electron chi connectivity index (χ0n) is 13.5. The molecule has 0 bridgehead atoms. The van der Waals surface area contributed by atoms with E-state index in [0.29, 0.717) is 13.0 Å². The van der Waals surface area contributed by atoms with Crippen LogP contribution in [0.3, 0.4) is 0 Å². The van der Waals surface area contributed by atoms with Crippen molar-refractivity contribution in [1.29, 1.82) is 0 Å². The molecule has 0 saturated carbocycles. The van der Waals surface area contributed by atoms with Crippen LogP contribution in [0.5, 0.6) is 0 Å². The van der Waals surface area contributed by atoms with Crippen LogP contribution >= 0.6 is 0 Å². The molecule has 1 aliphatic heterocycles. The number of amides is 4. The van der Waals surface area contributed by atoms with Crippen LogP contribution in [0.4, 0.5) is 4.79 Å². The maximum absolute atomic E-state index is 12.2. The van der Waals surface area contributed by atoms with Gasteiger partial charge in [0, 0.05) is 13.0 Å². The maximum Gasteiger partial charge on any atom is 0.346 e. The van der Waals surface area contributed by atoms with Gasteiger partial charge in [0.15, 0.2) is 0 Å². The molecule has 2 rings (SSSR count). The van der Waals surface area contributed by atoms with E-state index in [4.69, 9.17) is 0 Å². The van der Waals surface area contributed by atoms with Crippen molar-refractivity contribution >= 4 is 17.8 Å². The first-order valence-corrected chi connectivity index (χ1v) is 8.07. The van der Waals surface area contributed by atoms with E-state index in [1.54, 1.807) is 0 Å². The van der Waals surface area contributed by atoms with Crippen molar-refractivity contribution < 1.29 is 14.4 Å². The molecular weight excluding hydrogens is 294 g/mol. The van der Waals surface area contributed by atoms with Gasteiger partial charge in [0.05, 0.1) is 0 Å². The van der Waals surface area contributed by atoms with E-state index in [9.17, 15) is 14.4 Å². The van der Waals surface area contributed by atoms with E-state index in [0.717, 1.165) is 36.3 Å². The van der Waals surface area contributed by atoms with Crippen molar-refractivity contribution in [2.24, 2.45) is 0 Å². The summed E-state index contributed by atoms with van der Waals surface area (Å²) in [5, 5.41) is 0.838. The van der Waals surface area contributed by atoms with Gasteiger partial charge in [-0.3, -0.25) is 15.0 Å². The van der Waals surface area contributed by atoms with Gasteiger partial charge >= 0.3 is 6.03 Å². The summed E-state index contributed by atoms with van der Waals surface area (Å²) in [6.45, 7) is 2.45. The molecule has 6 heteroatoms. The normalized spacial score (nSPS) is 14.5. The van der Waals surface area contributed by atoms with Gasteiger partial charge in [-0.15, -0.1) is 0 Å². The number of rotatable bonds is 8. The fourth-order valence-corrected chi connectivity index (χ4v) is 2.48. The molecular formula is C17H23N3O3. The second-order valence-electron chi connectivity index (χ2n) is 5.70. The number of nitrogens with zero attached hydrogens (tertiary/aromatic N) is 2. The van der Waals surface area contributed by atoms with Crippen LogP contribution in [0.1, 0.15) is 44.6 Å². The molecule has 0 spiro atoms. The lowest BCUT2D eigenvalue weighted by Crippen LogP contribution is -2.46. The summed E-state index contributed by atoms with van der Waals surface area (Å²) >= 11 is 0. The minimum absolute atomic E-state index is 0.0101. The highest BCUT2D eigenvalue weighted by Crippen LogP contribution is 2.13. The zero-order valence-corrected chi connectivity index (χ0v) is 13.5. The Kier molecular flexibility index (Phi) is 6.14. The fraction of sp³-hybridized carbons (Fsp3) is 0.471. The highest BCUT2D eigenvalue weighted by molar-refractivity contribution is 6.03. The smallest absolute Gasteiger partial charge is 0.309 e. The average Bonchev–Trinajstić information content (AvgIpc) is 2.80. The zero-order chi connectivity index (χ0) is 16.7. The molecule has 4 amide bonds. The van der Waals surface area contributed by atoms with Crippen LogP contribution in [-0.4, -0.2) is 34.3 Å². The number of hydrazine groups is 1. The number of urea groups is 1. The molecule has 0 radical (unpaired) electrons. The van der Waals surface area contributed by atoms with Crippen LogP contribution in [0.2, 0.25) is 0 Å². The molecule has 1 fully saturated rings. The summed E-state index contributed by atoms with van der Waals surface area (Å²) in [5.41, 5.74) is 3.37. The Labute approximate surface area is 136 Å². The van der Waals surface area contributed by atoms with Crippen LogP contribution in [0.25, 0.3) is 0 Å². The van der Waals surface area contributed by atoms with Crippen LogP contribution in [-0.2, 0) is 16.1 Å². The van der Waals surface area contributed by atoms with E-state index < -0.39 is 11.9 Å². The summed E-state index contributed by atoms with van der Waals surface area (Å²) in [6, 6.07) is 8.98. The molecule has 1 saturated heterocycles. The molecule has 1 aromatic carbocycles. The topological polar surface area (TPSA) is 69.7 Å².